The third kappa shape index (κ3) is 7.56. The first-order chi connectivity index (χ1) is 2.81. The number of rotatable bonds is 2. The summed E-state index contributed by atoms with van der Waals surface area (Å²) >= 11 is 0. The Morgan fingerprint density at radius 1 is 1.29 bits per heavy atom. The maximum Gasteiger partial charge on any atom is 1.00 e. The van der Waals surface area contributed by atoms with E-state index >= 15 is 0 Å². The van der Waals surface area contributed by atoms with E-state index < -0.39 is 0 Å². The molecule has 2 nitrogen and oxygen atoms in total. The van der Waals surface area contributed by atoms with Crippen LogP contribution in [0, 0.1) is 0 Å². The molecule has 0 atom stereocenters. The van der Waals surface area contributed by atoms with E-state index in [4.69, 9.17) is 5.21 Å². The molecule has 0 rings (SSSR count). The quantitative estimate of drug-likeness (QED) is 0.335. The maximum atomic E-state index is 8.50. The van der Waals surface area contributed by atoms with Crippen LogP contribution < -0.4 is 51.4 Å². The normalized spacial score (nSPS) is 8.57. The first kappa shape index (κ1) is 11.4. The summed E-state index contributed by atoms with van der Waals surface area (Å²) in [5.74, 6) is 0. The van der Waals surface area contributed by atoms with E-state index in [0.29, 0.717) is 0 Å². The van der Waals surface area contributed by atoms with Gasteiger partial charge in [-0.1, -0.05) is 13.8 Å². The Labute approximate surface area is 87.3 Å². The van der Waals surface area contributed by atoms with Crippen molar-refractivity contribution in [2.45, 2.75) is 13.8 Å². The van der Waals surface area contributed by atoms with E-state index in [9.17, 15) is 0 Å². The van der Waals surface area contributed by atoms with Gasteiger partial charge in [-0.05, 0) is 0 Å². The second-order valence-corrected chi connectivity index (χ2v) is 1.14. The molecular formula is C4H11KNO+. The van der Waals surface area contributed by atoms with Gasteiger partial charge in [-0.2, -0.15) is 5.06 Å². The van der Waals surface area contributed by atoms with Crippen LogP contribution in [0.4, 0.5) is 0 Å². The van der Waals surface area contributed by atoms with Crippen molar-refractivity contribution in [1.29, 1.82) is 0 Å². The van der Waals surface area contributed by atoms with Gasteiger partial charge in [0.2, 0.25) is 0 Å². The third-order valence-corrected chi connectivity index (χ3v) is 0.730. The molecule has 0 bridgehead atoms. The van der Waals surface area contributed by atoms with Crippen molar-refractivity contribution in [2.75, 3.05) is 13.1 Å². The minimum Gasteiger partial charge on any atom is -0.314 e. The number of hydrogen-bond donors (Lipinski definition) is 1. The van der Waals surface area contributed by atoms with Crippen LogP contribution >= 0.6 is 0 Å². The largest absolute Gasteiger partial charge is 1.00 e. The fourth-order valence-corrected chi connectivity index (χ4v) is 0.224. The van der Waals surface area contributed by atoms with Gasteiger partial charge in [0.1, 0.15) is 0 Å². The van der Waals surface area contributed by atoms with Crippen LogP contribution in [0.25, 0.3) is 0 Å². The van der Waals surface area contributed by atoms with E-state index in [1.165, 1.54) is 5.06 Å². The van der Waals surface area contributed by atoms with Crippen LogP contribution in [-0.2, 0) is 0 Å². The van der Waals surface area contributed by atoms with Gasteiger partial charge >= 0.3 is 51.4 Å². The standard InChI is InChI=1S/C4H11NO.K/c1-3-5(6)4-2;/h6H,3-4H2,1-2H3;/q;+1. The van der Waals surface area contributed by atoms with Gasteiger partial charge in [0.15, 0.2) is 0 Å². The minimum atomic E-state index is 0. The molecule has 0 aromatic heterocycles. The van der Waals surface area contributed by atoms with E-state index in [2.05, 4.69) is 0 Å². The molecule has 38 valence electrons. The van der Waals surface area contributed by atoms with Crippen LogP contribution in [0.2, 0.25) is 0 Å². The van der Waals surface area contributed by atoms with Crippen molar-refractivity contribution in [3.05, 3.63) is 0 Å². The zero-order valence-corrected chi connectivity index (χ0v) is 8.43. The first-order valence-electron chi connectivity index (χ1n) is 2.25. The average molecular weight is 128 g/mol. The van der Waals surface area contributed by atoms with Gasteiger partial charge < -0.3 is 5.21 Å². The molecule has 1 N–H and O–H groups in total. The van der Waals surface area contributed by atoms with Gasteiger partial charge in [-0.15, -0.1) is 0 Å². The predicted molar refractivity (Wildman–Crippen MR) is 24.7 cm³/mol. The Kier molecular flexibility index (Phi) is 12.3. The van der Waals surface area contributed by atoms with E-state index in [0.717, 1.165) is 13.1 Å². The Morgan fingerprint density at radius 2 is 1.57 bits per heavy atom. The summed E-state index contributed by atoms with van der Waals surface area (Å²) in [6.45, 7) is 5.25. The zero-order chi connectivity index (χ0) is 4.99. The van der Waals surface area contributed by atoms with Gasteiger partial charge in [-0.25, -0.2) is 0 Å². The van der Waals surface area contributed by atoms with Crippen molar-refractivity contribution < 1.29 is 56.6 Å². The van der Waals surface area contributed by atoms with E-state index in [1.54, 1.807) is 0 Å². The molecule has 0 radical (unpaired) electrons. The zero-order valence-electron chi connectivity index (χ0n) is 5.31. The van der Waals surface area contributed by atoms with Crippen molar-refractivity contribution in [2.24, 2.45) is 0 Å². The van der Waals surface area contributed by atoms with Gasteiger partial charge in [0.25, 0.3) is 0 Å². The van der Waals surface area contributed by atoms with Crippen LogP contribution in [0.3, 0.4) is 0 Å². The molecule has 0 aromatic rings. The predicted octanol–water partition coefficient (Wildman–Crippen LogP) is -2.28. The second-order valence-electron chi connectivity index (χ2n) is 1.14. The van der Waals surface area contributed by atoms with Crippen molar-refractivity contribution >= 4 is 0 Å². The molecule has 0 fully saturated rings. The maximum absolute atomic E-state index is 8.50. The van der Waals surface area contributed by atoms with Gasteiger partial charge in [-0.3, -0.25) is 0 Å². The van der Waals surface area contributed by atoms with Gasteiger partial charge in [0, 0.05) is 13.1 Å². The molecule has 0 saturated carbocycles. The minimum absolute atomic E-state index is 0. The summed E-state index contributed by atoms with van der Waals surface area (Å²) in [5.41, 5.74) is 0. The topological polar surface area (TPSA) is 23.5 Å². The monoisotopic (exact) mass is 128 g/mol. The molecule has 0 aliphatic rings. The Hall–Kier alpha value is 1.56. The van der Waals surface area contributed by atoms with Crippen LogP contribution in [0.1, 0.15) is 13.8 Å². The van der Waals surface area contributed by atoms with Crippen molar-refractivity contribution in [3.8, 4) is 0 Å². The summed E-state index contributed by atoms with van der Waals surface area (Å²) < 4.78 is 0. The van der Waals surface area contributed by atoms with Crippen LogP contribution in [0.15, 0.2) is 0 Å². The van der Waals surface area contributed by atoms with Gasteiger partial charge in [0.05, 0.1) is 0 Å². The fourth-order valence-electron chi connectivity index (χ4n) is 0.224. The molecule has 3 heteroatoms. The average Bonchev–Trinajstić information content (AvgIpc) is 1.65. The smallest absolute Gasteiger partial charge is 0.314 e. The van der Waals surface area contributed by atoms with Crippen LogP contribution in [0.5, 0.6) is 0 Å². The molecule has 0 saturated heterocycles. The number of hydroxylamine groups is 2. The summed E-state index contributed by atoms with van der Waals surface area (Å²) in [6, 6.07) is 0. The second kappa shape index (κ2) is 7.56. The summed E-state index contributed by atoms with van der Waals surface area (Å²) in [7, 11) is 0. The first-order valence-corrected chi connectivity index (χ1v) is 2.25. The number of nitrogens with zero attached hydrogens (tertiary/aromatic N) is 1. The van der Waals surface area contributed by atoms with E-state index in [1.807, 2.05) is 13.8 Å². The molecular weight excluding hydrogens is 117 g/mol. The molecule has 0 aromatic carbocycles. The fraction of sp³-hybridized carbons (Fsp3) is 1.00. The van der Waals surface area contributed by atoms with Crippen molar-refractivity contribution in [3.63, 3.8) is 0 Å². The summed E-state index contributed by atoms with van der Waals surface area (Å²) in [5, 5.41) is 9.75. The molecule has 0 aliphatic heterocycles. The van der Waals surface area contributed by atoms with Crippen LogP contribution in [-0.4, -0.2) is 23.4 Å². The molecule has 0 heterocycles. The molecule has 0 spiro atoms. The Morgan fingerprint density at radius 3 is 1.57 bits per heavy atom. The molecule has 0 aliphatic carbocycles. The summed E-state index contributed by atoms with van der Waals surface area (Å²) in [4.78, 5) is 0. The molecule has 0 unspecified atom stereocenters. The third-order valence-electron chi connectivity index (χ3n) is 0.730. The Bertz CT molecular complexity index is 30.9. The van der Waals surface area contributed by atoms with Crippen molar-refractivity contribution in [1.82, 2.24) is 5.06 Å². The number of hydrogen-bond acceptors (Lipinski definition) is 2. The summed E-state index contributed by atoms with van der Waals surface area (Å²) in [6.07, 6.45) is 0. The van der Waals surface area contributed by atoms with E-state index in [-0.39, 0.29) is 51.4 Å². The molecule has 7 heavy (non-hydrogen) atoms. The SMILES string of the molecule is CCN(O)CC.[K+]. The molecule has 0 amide bonds. The Balaban J connectivity index is 0.